The van der Waals surface area contributed by atoms with E-state index in [1.807, 2.05) is 19.1 Å². The van der Waals surface area contributed by atoms with Gasteiger partial charge in [0.05, 0.1) is 5.69 Å². The van der Waals surface area contributed by atoms with Crippen LogP contribution in [0, 0.1) is 12.3 Å². The van der Waals surface area contributed by atoms with Crippen molar-refractivity contribution in [1.82, 2.24) is 4.98 Å². The third-order valence-electron chi connectivity index (χ3n) is 1.85. The monoisotopic (exact) mass is 193 g/mol. The molecule has 0 aliphatic carbocycles. The van der Waals surface area contributed by atoms with Gasteiger partial charge in [-0.2, -0.15) is 0 Å². The zero-order valence-corrected chi connectivity index (χ0v) is 9.39. The number of aromatic nitrogens is 1. The Bertz CT molecular complexity index is 313. The van der Waals surface area contributed by atoms with Crippen molar-refractivity contribution in [3.63, 3.8) is 0 Å². The Morgan fingerprint density at radius 2 is 2.00 bits per heavy atom. The number of hydrogen-bond donors (Lipinski definition) is 2. The molecule has 0 spiro atoms. The minimum atomic E-state index is 0.234. The Balaban J connectivity index is 2.72. The molecule has 0 atom stereocenters. The third kappa shape index (κ3) is 3.24. The van der Waals surface area contributed by atoms with Gasteiger partial charge in [0, 0.05) is 12.2 Å². The van der Waals surface area contributed by atoms with E-state index in [0.717, 1.165) is 18.1 Å². The molecule has 14 heavy (non-hydrogen) atoms. The van der Waals surface area contributed by atoms with Gasteiger partial charge in [-0.25, -0.2) is 4.98 Å². The van der Waals surface area contributed by atoms with E-state index in [1.165, 1.54) is 0 Å². The number of anilines is 2. The van der Waals surface area contributed by atoms with E-state index in [-0.39, 0.29) is 5.41 Å². The molecule has 0 radical (unpaired) electrons. The highest BCUT2D eigenvalue weighted by atomic mass is 15.0. The first-order valence-electron chi connectivity index (χ1n) is 4.85. The standard InChI is InChI=1S/C11H19N3/c1-8-5-6-9(12)10(14-8)13-7-11(2,3)4/h5-6H,7,12H2,1-4H3,(H,13,14). The van der Waals surface area contributed by atoms with Crippen molar-refractivity contribution in [2.75, 3.05) is 17.6 Å². The lowest BCUT2D eigenvalue weighted by molar-refractivity contribution is 0.442. The molecule has 0 unspecified atom stereocenters. The van der Waals surface area contributed by atoms with E-state index in [9.17, 15) is 0 Å². The quantitative estimate of drug-likeness (QED) is 0.758. The average Bonchev–Trinajstić information content (AvgIpc) is 2.05. The predicted molar refractivity (Wildman–Crippen MR) is 61.3 cm³/mol. The number of pyridine rings is 1. The van der Waals surface area contributed by atoms with Gasteiger partial charge in [-0.05, 0) is 24.5 Å². The first-order chi connectivity index (χ1) is 6.38. The van der Waals surface area contributed by atoms with Crippen molar-refractivity contribution in [1.29, 1.82) is 0 Å². The molecular formula is C11H19N3. The highest BCUT2D eigenvalue weighted by Gasteiger charge is 2.10. The maximum absolute atomic E-state index is 5.79. The second kappa shape index (κ2) is 3.86. The molecule has 0 bridgehead atoms. The molecule has 0 aromatic carbocycles. The van der Waals surface area contributed by atoms with Gasteiger partial charge in [0.25, 0.3) is 0 Å². The van der Waals surface area contributed by atoms with Gasteiger partial charge in [0.15, 0.2) is 0 Å². The molecule has 0 aliphatic heterocycles. The van der Waals surface area contributed by atoms with Crippen LogP contribution in [0.1, 0.15) is 26.5 Å². The zero-order valence-electron chi connectivity index (χ0n) is 9.39. The van der Waals surface area contributed by atoms with Gasteiger partial charge in [-0.1, -0.05) is 20.8 Å². The van der Waals surface area contributed by atoms with Crippen molar-refractivity contribution in [2.45, 2.75) is 27.7 Å². The molecule has 1 rings (SSSR count). The van der Waals surface area contributed by atoms with Crippen LogP contribution in [0.2, 0.25) is 0 Å². The fourth-order valence-corrected chi connectivity index (χ4v) is 1.06. The first-order valence-corrected chi connectivity index (χ1v) is 4.85. The van der Waals surface area contributed by atoms with Gasteiger partial charge in [-0.15, -0.1) is 0 Å². The van der Waals surface area contributed by atoms with E-state index in [0.29, 0.717) is 5.69 Å². The smallest absolute Gasteiger partial charge is 0.149 e. The van der Waals surface area contributed by atoms with Crippen LogP contribution in [-0.2, 0) is 0 Å². The van der Waals surface area contributed by atoms with E-state index >= 15 is 0 Å². The SMILES string of the molecule is Cc1ccc(N)c(NCC(C)(C)C)n1. The van der Waals surface area contributed by atoms with Crippen LogP contribution in [-0.4, -0.2) is 11.5 Å². The van der Waals surface area contributed by atoms with Crippen molar-refractivity contribution < 1.29 is 0 Å². The van der Waals surface area contributed by atoms with E-state index < -0.39 is 0 Å². The molecule has 3 N–H and O–H groups in total. The molecule has 78 valence electrons. The van der Waals surface area contributed by atoms with Crippen molar-refractivity contribution >= 4 is 11.5 Å². The van der Waals surface area contributed by atoms with E-state index in [2.05, 4.69) is 31.1 Å². The molecule has 0 saturated carbocycles. The molecule has 3 nitrogen and oxygen atoms in total. The lowest BCUT2D eigenvalue weighted by atomic mass is 9.97. The molecule has 1 aromatic heterocycles. The maximum Gasteiger partial charge on any atom is 0.149 e. The van der Waals surface area contributed by atoms with E-state index in [4.69, 9.17) is 5.73 Å². The molecule has 0 fully saturated rings. The Labute approximate surface area is 85.7 Å². The molecule has 3 heteroatoms. The van der Waals surface area contributed by atoms with Crippen LogP contribution < -0.4 is 11.1 Å². The lowest BCUT2D eigenvalue weighted by Gasteiger charge is -2.19. The summed E-state index contributed by atoms with van der Waals surface area (Å²) in [7, 11) is 0. The predicted octanol–water partition coefficient (Wildman–Crippen LogP) is 2.43. The average molecular weight is 193 g/mol. The normalized spacial score (nSPS) is 11.4. The molecule has 0 saturated heterocycles. The molecule has 1 heterocycles. The topological polar surface area (TPSA) is 50.9 Å². The van der Waals surface area contributed by atoms with Crippen molar-refractivity contribution in [3.05, 3.63) is 17.8 Å². The lowest BCUT2D eigenvalue weighted by Crippen LogP contribution is -2.20. The van der Waals surface area contributed by atoms with Gasteiger partial charge >= 0.3 is 0 Å². The first kappa shape index (κ1) is 10.8. The highest BCUT2D eigenvalue weighted by Crippen LogP contribution is 2.19. The molecule has 0 amide bonds. The summed E-state index contributed by atoms with van der Waals surface area (Å²) in [4.78, 5) is 4.34. The Kier molecular flexibility index (Phi) is 2.99. The number of nitrogen functional groups attached to an aromatic ring is 1. The van der Waals surface area contributed by atoms with E-state index in [1.54, 1.807) is 0 Å². The summed E-state index contributed by atoms with van der Waals surface area (Å²) in [5.41, 5.74) is 7.72. The number of hydrogen-bond acceptors (Lipinski definition) is 3. The minimum Gasteiger partial charge on any atom is -0.396 e. The van der Waals surface area contributed by atoms with Gasteiger partial charge < -0.3 is 11.1 Å². The summed E-state index contributed by atoms with van der Waals surface area (Å²) in [6, 6.07) is 3.80. The summed E-state index contributed by atoms with van der Waals surface area (Å²) >= 11 is 0. The summed E-state index contributed by atoms with van der Waals surface area (Å²) < 4.78 is 0. The maximum atomic E-state index is 5.79. The number of rotatable bonds is 2. The van der Waals surface area contributed by atoms with Crippen molar-refractivity contribution in [3.8, 4) is 0 Å². The Morgan fingerprint density at radius 3 is 2.57 bits per heavy atom. The van der Waals surface area contributed by atoms with Crippen LogP contribution in [0.5, 0.6) is 0 Å². The highest BCUT2D eigenvalue weighted by molar-refractivity contribution is 5.61. The fraction of sp³-hybridized carbons (Fsp3) is 0.545. The summed E-state index contributed by atoms with van der Waals surface area (Å²) in [5, 5.41) is 3.26. The Morgan fingerprint density at radius 1 is 1.36 bits per heavy atom. The fourth-order valence-electron chi connectivity index (χ4n) is 1.06. The summed E-state index contributed by atoms with van der Waals surface area (Å²) in [6.07, 6.45) is 0. The van der Waals surface area contributed by atoms with Crippen LogP contribution in [0.4, 0.5) is 11.5 Å². The number of aryl methyl sites for hydroxylation is 1. The molecule has 1 aromatic rings. The second-order valence-corrected chi connectivity index (χ2v) is 4.80. The zero-order chi connectivity index (χ0) is 10.8. The summed E-state index contributed by atoms with van der Waals surface area (Å²) in [6.45, 7) is 9.35. The third-order valence-corrected chi connectivity index (χ3v) is 1.85. The van der Waals surface area contributed by atoms with Crippen molar-refractivity contribution in [2.24, 2.45) is 5.41 Å². The molecule has 0 aliphatic rings. The summed E-state index contributed by atoms with van der Waals surface area (Å²) in [5.74, 6) is 0.792. The van der Waals surface area contributed by atoms with Crippen LogP contribution in [0.25, 0.3) is 0 Å². The largest absolute Gasteiger partial charge is 0.396 e. The number of nitrogens with one attached hydrogen (secondary N) is 1. The van der Waals surface area contributed by atoms with Gasteiger partial charge in [0.1, 0.15) is 5.82 Å². The second-order valence-electron chi connectivity index (χ2n) is 4.80. The van der Waals surface area contributed by atoms with Crippen LogP contribution in [0.15, 0.2) is 12.1 Å². The van der Waals surface area contributed by atoms with Crippen LogP contribution in [0.3, 0.4) is 0 Å². The molecular weight excluding hydrogens is 174 g/mol. The van der Waals surface area contributed by atoms with Crippen LogP contribution >= 0.6 is 0 Å². The van der Waals surface area contributed by atoms with Gasteiger partial charge in [-0.3, -0.25) is 0 Å². The number of nitrogens with zero attached hydrogens (tertiary/aromatic N) is 1. The number of nitrogens with two attached hydrogens (primary N) is 1. The van der Waals surface area contributed by atoms with Gasteiger partial charge in [0.2, 0.25) is 0 Å². The Hall–Kier alpha value is -1.25. The minimum absolute atomic E-state index is 0.234.